The molecule has 0 aromatic heterocycles. The molecule has 0 amide bonds. The molecule has 0 saturated carbocycles. The number of unbranched alkanes of at least 4 members (excludes halogenated alkanes) is 1. The molecule has 0 aliphatic carbocycles. The maximum Gasteiger partial charge on any atom is 0.0162 e. The molecular formula is C23H49NS2. The van der Waals surface area contributed by atoms with Gasteiger partial charge >= 0.3 is 0 Å². The molecule has 1 nitrogen and oxygen atoms in total. The van der Waals surface area contributed by atoms with Crippen LogP contribution in [0.3, 0.4) is 0 Å². The molecular weight excluding hydrogens is 354 g/mol. The molecule has 0 fully saturated rings. The van der Waals surface area contributed by atoms with Gasteiger partial charge in [-0.1, -0.05) is 89.8 Å². The fourth-order valence-corrected chi connectivity index (χ4v) is 5.71. The highest BCUT2D eigenvalue weighted by Crippen LogP contribution is 2.27. The maximum atomic E-state index is 3.69. The molecule has 0 radical (unpaired) electrons. The molecule has 1 N–H and O–H groups in total. The van der Waals surface area contributed by atoms with Crippen molar-refractivity contribution in [1.82, 2.24) is 5.32 Å². The van der Waals surface area contributed by atoms with E-state index in [0.717, 1.165) is 42.1 Å². The van der Waals surface area contributed by atoms with Crippen LogP contribution >= 0.6 is 21.6 Å². The van der Waals surface area contributed by atoms with Crippen molar-refractivity contribution in [1.29, 1.82) is 0 Å². The summed E-state index contributed by atoms with van der Waals surface area (Å²) >= 11 is 0. The van der Waals surface area contributed by atoms with Gasteiger partial charge in [0.1, 0.15) is 0 Å². The Morgan fingerprint density at radius 2 is 1.19 bits per heavy atom. The van der Waals surface area contributed by atoms with Gasteiger partial charge in [-0.05, 0) is 61.3 Å². The molecule has 3 heteroatoms. The number of hydrogen-bond donors (Lipinski definition) is 1. The van der Waals surface area contributed by atoms with Gasteiger partial charge in [-0.2, -0.15) is 0 Å². The van der Waals surface area contributed by atoms with E-state index in [1.807, 2.05) is 0 Å². The van der Waals surface area contributed by atoms with Crippen molar-refractivity contribution < 1.29 is 0 Å². The second kappa shape index (κ2) is 16.6. The Morgan fingerprint density at radius 1 is 0.654 bits per heavy atom. The van der Waals surface area contributed by atoms with Crippen LogP contribution in [0.25, 0.3) is 0 Å². The molecule has 158 valence electrons. The van der Waals surface area contributed by atoms with Gasteiger partial charge in [-0.25, -0.2) is 0 Å². The highest BCUT2D eigenvalue weighted by molar-refractivity contribution is 8.76. The van der Waals surface area contributed by atoms with Crippen molar-refractivity contribution >= 4 is 21.6 Å². The van der Waals surface area contributed by atoms with E-state index in [0.29, 0.717) is 0 Å². The lowest BCUT2D eigenvalue weighted by Gasteiger charge is -2.23. The molecule has 0 rings (SSSR count). The predicted molar refractivity (Wildman–Crippen MR) is 127 cm³/mol. The first-order chi connectivity index (χ1) is 12.2. The third-order valence-corrected chi connectivity index (χ3v) is 7.83. The minimum Gasteiger partial charge on any atom is -0.316 e. The zero-order valence-corrected chi connectivity index (χ0v) is 20.8. The Labute approximate surface area is 174 Å². The van der Waals surface area contributed by atoms with Gasteiger partial charge in [-0.3, -0.25) is 0 Å². The Balaban J connectivity index is 3.58. The topological polar surface area (TPSA) is 12.0 Å². The van der Waals surface area contributed by atoms with Crippen LogP contribution in [-0.2, 0) is 0 Å². The van der Waals surface area contributed by atoms with E-state index >= 15 is 0 Å². The van der Waals surface area contributed by atoms with Gasteiger partial charge < -0.3 is 5.32 Å². The first-order valence-electron chi connectivity index (χ1n) is 11.2. The Morgan fingerprint density at radius 3 is 1.73 bits per heavy atom. The average molecular weight is 404 g/mol. The molecule has 2 atom stereocenters. The van der Waals surface area contributed by atoms with E-state index in [9.17, 15) is 0 Å². The average Bonchev–Trinajstić information content (AvgIpc) is 2.53. The summed E-state index contributed by atoms with van der Waals surface area (Å²) in [6.07, 6.45) is 6.97. The number of hydrogen-bond acceptors (Lipinski definition) is 3. The summed E-state index contributed by atoms with van der Waals surface area (Å²) in [5.41, 5.74) is 0. The van der Waals surface area contributed by atoms with Crippen LogP contribution in [0, 0.1) is 35.5 Å². The fourth-order valence-electron chi connectivity index (χ4n) is 3.61. The maximum absolute atomic E-state index is 3.69. The van der Waals surface area contributed by atoms with E-state index in [1.165, 1.54) is 50.2 Å². The standard InChI is InChI=1S/C23H49NS2/c1-18(2)15-22(20(5)6)11-9-10-13-25-26-14-12-24-17-23(21(7)8)16-19(3)4/h18-24H,9-17H2,1-8H3. The lowest BCUT2D eigenvalue weighted by Crippen LogP contribution is -2.28. The van der Waals surface area contributed by atoms with E-state index in [4.69, 9.17) is 0 Å². The molecule has 0 saturated heterocycles. The first-order valence-corrected chi connectivity index (χ1v) is 13.7. The van der Waals surface area contributed by atoms with Crippen molar-refractivity contribution in [3.05, 3.63) is 0 Å². The molecule has 0 aliphatic rings. The van der Waals surface area contributed by atoms with Crippen molar-refractivity contribution in [2.75, 3.05) is 24.6 Å². The van der Waals surface area contributed by atoms with E-state index in [1.54, 1.807) is 0 Å². The van der Waals surface area contributed by atoms with Crippen LogP contribution in [0.5, 0.6) is 0 Å². The third-order valence-electron chi connectivity index (χ3n) is 5.34. The molecule has 26 heavy (non-hydrogen) atoms. The summed E-state index contributed by atoms with van der Waals surface area (Å²) in [5.74, 6) is 7.59. The van der Waals surface area contributed by atoms with Gasteiger partial charge in [0.25, 0.3) is 0 Å². The smallest absolute Gasteiger partial charge is 0.0162 e. The van der Waals surface area contributed by atoms with E-state index < -0.39 is 0 Å². The van der Waals surface area contributed by atoms with E-state index in [-0.39, 0.29) is 0 Å². The Kier molecular flexibility index (Phi) is 17.0. The molecule has 0 aromatic carbocycles. The predicted octanol–water partition coefficient (Wildman–Crippen LogP) is 7.76. The highest BCUT2D eigenvalue weighted by atomic mass is 33.1. The Hall–Kier alpha value is 0.660. The van der Waals surface area contributed by atoms with E-state index in [2.05, 4.69) is 82.3 Å². The van der Waals surface area contributed by atoms with Gasteiger partial charge in [0, 0.05) is 18.1 Å². The number of nitrogens with one attached hydrogen (secondary N) is 1. The van der Waals surface area contributed by atoms with Gasteiger partial charge in [0.15, 0.2) is 0 Å². The van der Waals surface area contributed by atoms with Crippen LogP contribution in [0.4, 0.5) is 0 Å². The largest absolute Gasteiger partial charge is 0.316 e. The van der Waals surface area contributed by atoms with Gasteiger partial charge in [-0.15, -0.1) is 0 Å². The SMILES string of the molecule is CC(C)CC(CCCCSSCCNCC(CC(C)C)C(C)C)C(C)C. The van der Waals surface area contributed by atoms with Crippen molar-refractivity contribution in [3.8, 4) is 0 Å². The summed E-state index contributed by atoms with van der Waals surface area (Å²) in [6, 6.07) is 0. The van der Waals surface area contributed by atoms with Crippen molar-refractivity contribution in [2.45, 2.75) is 87.5 Å². The fraction of sp³-hybridized carbons (Fsp3) is 1.00. The molecule has 0 bridgehead atoms. The highest BCUT2D eigenvalue weighted by Gasteiger charge is 2.15. The second-order valence-corrected chi connectivity index (χ2v) is 12.3. The Bertz CT molecular complexity index is 273. The summed E-state index contributed by atoms with van der Waals surface area (Å²) in [5, 5.41) is 3.69. The normalized spacial score (nSPS) is 14.8. The van der Waals surface area contributed by atoms with Crippen LogP contribution in [0.15, 0.2) is 0 Å². The minimum atomic E-state index is 0.789. The van der Waals surface area contributed by atoms with Gasteiger partial charge in [0.2, 0.25) is 0 Å². The molecule has 0 aromatic rings. The summed E-state index contributed by atoms with van der Waals surface area (Å²) < 4.78 is 0. The molecule has 0 spiro atoms. The first kappa shape index (κ1) is 26.7. The molecule has 2 unspecified atom stereocenters. The quantitative estimate of drug-likeness (QED) is 0.197. The van der Waals surface area contributed by atoms with Crippen LogP contribution < -0.4 is 5.32 Å². The zero-order chi connectivity index (χ0) is 19.9. The van der Waals surface area contributed by atoms with Crippen molar-refractivity contribution in [2.24, 2.45) is 35.5 Å². The minimum absolute atomic E-state index is 0.789. The summed E-state index contributed by atoms with van der Waals surface area (Å²) in [6.45, 7) is 21.3. The summed E-state index contributed by atoms with van der Waals surface area (Å²) in [7, 11) is 4.14. The number of rotatable bonds is 17. The molecule has 0 aliphatic heterocycles. The van der Waals surface area contributed by atoms with Gasteiger partial charge in [0.05, 0.1) is 0 Å². The van der Waals surface area contributed by atoms with Crippen LogP contribution in [0.2, 0.25) is 0 Å². The zero-order valence-electron chi connectivity index (χ0n) is 19.1. The molecule has 0 heterocycles. The summed E-state index contributed by atoms with van der Waals surface area (Å²) in [4.78, 5) is 0. The lowest BCUT2D eigenvalue weighted by atomic mass is 9.84. The van der Waals surface area contributed by atoms with Crippen molar-refractivity contribution in [3.63, 3.8) is 0 Å². The monoisotopic (exact) mass is 403 g/mol. The van der Waals surface area contributed by atoms with Crippen LogP contribution in [0.1, 0.15) is 87.5 Å². The lowest BCUT2D eigenvalue weighted by molar-refractivity contribution is 0.292. The van der Waals surface area contributed by atoms with Crippen LogP contribution in [-0.4, -0.2) is 24.6 Å². The third kappa shape index (κ3) is 15.7. The second-order valence-electron chi connectivity index (χ2n) is 9.61.